The molecule has 158 valence electrons. The van der Waals surface area contributed by atoms with Crippen molar-refractivity contribution < 1.29 is 38.7 Å². The first kappa shape index (κ1) is 25.5. The third kappa shape index (κ3) is 15.3. The highest BCUT2D eigenvalue weighted by Gasteiger charge is 2.17. The predicted octanol–water partition coefficient (Wildman–Crippen LogP) is 2.29. The number of hydrogen-bond donors (Lipinski definition) is 2. The Hall–Kier alpha value is -1.48. The first-order valence-electron chi connectivity index (χ1n) is 9.40. The van der Waals surface area contributed by atoms with Crippen LogP contribution in [0.5, 0.6) is 0 Å². The first-order chi connectivity index (χ1) is 12.9. The molecule has 0 aliphatic rings. The van der Waals surface area contributed by atoms with E-state index >= 15 is 0 Å². The molecule has 8 heteroatoms. The smallest absolute Gasteiger partial charge is 0.333 e. The summed E-state index contributed by atoms with van der Waals surface area (Å²) in [5, 5.41) is 17.5. The Morgan fingerprint density at radius 2 is 1.70 bits per heavy atom. The maximum Gasteiger partial charge on any atom is 0.333 e. The summed E-state index contributed by atoms with van der Waals surface area (Å²) in [5.74, 6) is -1.26. The van der Waals surface area contributed by atoms with Crippen molar-refractivity contribution in [1.82, 2.24) is 0 Å². The molecular formula is C19H34O8. The van der Waals surface area contributed by atoms with Crippen LogP contribution in [0.4, 0.5) is 0 Å². The predicted molar refractivity (Wildman–Crippen MR) is 99.3 cm³/mol. The molecule has 0 aromatic rings. The summed E-state index contributed by atoms with van der Waals surface area (Å²) >= 11 is 0. The van der Waals surface area contributed by atoms with Crippen LogP contribution in [0.2, 0.25) is 0 Å². The molecule has 0 aromatic heterocycles. The van der Waals surface area contributed by atoms with Gasteiger partial charge in [-0.1, -0.05) is 19.9 Å². The normalized spacial score (nSPS) is 13.1. The zero-order valence-electron chi connectivity index (χ0n) is 16.5. The second kappa shape index (κ2) is 16.7. The summed E-state index contributed by atoms with van der Waals surface area (Å²) in [7, 11) is 0. The average Bonchev–Trinajstić information content (AvgIpc) is 2.63. The Bertz CT molecular complexity index is 424. The molecule has 0 heterocycles. The number of carbonyl (C=O) groups excluding carboxylic acids is 1. The molecular weight excluding hydrogens is 356 g/mol. The standard InChI is InChI=1S/C19H34O8/c1-4-16(24-11-9-20)14-18(25-10-7-5-6-8-17(21)22)26-12-13-27-19(23)15(2)3/h16,18,20H,2,4-14H2,1,3H3,(H,21,22). The molecule has 0 spiro atoms. The summed E-state index contributed by atoms with van der Waals surface area (Å²) in [5.41, 5.74) is 0.326. The summed E-state index contributed by atoms with van der Waals surface area (Å²) < 4.78 is 21.9. The van der Waals surface area contributed by atoms with Gasteiger partial charge in [0.15, 0.2) is 6.29 Å². The van der Waals surface area contributed by atoms with Crippen LogP contribution in [-0.4, -0.2) is 67.6 Å². The minimum absolute atomic E-state index is 0.0523. The van der Waals surface area contributed by atoms with Crippen LogP contribution in [-0.2, 0) is 28.5 Å². The number of aliphatic hydroxyl groups excluding tert-OH is 1. The summed E-state index contributed by atoms with van der Waals surface area (Å²) in [4.78, 5) is 21.8. The molecule has 2 N–H and O–H groups in total. The molecule has 0 aliphatic heterocycles. The number of carboxylic acid groups (broad SMARTS) is 1. The molecule has 0 saturated carbocycles. The van der Waals surface area contributed by atoms with Gasteiger partial charge in [0.25, 0.3) is 0 Å². The van der Waals surface area contributed by atoms with Gasteiger partial charge in [-0.3, -0.25) is 4.79 Å². The van der Waals surface area contributed by atoms with Crippen molar-refractivity contribution in [2.45, 2.75) is 64.8 Å². The van der Waals surface area contributed by atoms with Crippen molar-refractivity contribution in [1.29, 1.82) is 0 Å². The van der Waals surface area contributed by atoms with Gasteiger partial charge in [0.2, 0.25) is 0 Å². The fourth-order valence-corrected chi connectivity index (χ4v) is 2.18. The molecule has 0 amide bonds. The number of hydrogen-bond acceptors (Lipinski definition) is 7. The summed E-state index contributed by atoms with van der Waals surface area (Å²) in [6.07, 6.45) is 2.83. The molecule has 0 rings (SSSR count). The lowest BCUT2D eigenvalue weighted by atomic mass is 10.2. The molecule has 0 bridgehead atoms. The third-order valence-corrected chi connectivity index (χ3v) is 3.66. The van der Waals surface area contributed by atoms with Gasteiger partial charge >= 0.3 is 11.9 Å². The largest absolute Gasteiger partial charge is 0.481 e. The van der Waals surface area contributed by atoms with Gasteiger partial charge in [-0.15, -0.1) is 0 Å². The number of aliphatic hydroxyl groups is 1. The molecule has 0 aliphatic carbocycles. The van der Waals surface area contributed by atoms with E-state index in [9.17, 15) is 9.59 Å². The van der Waals surface area contributed by atoms with Gasteiger partial charge in [0, 0.05) is 25.0 Å². The van der Waals surface area contributed by atoms with Gasteiger partial charge in [-0.25, -0.2) is 4.79 Å². The Balaban J connectivity index is 4.28. The Morgan fingerprint density at radius 1 is 1.00 bits per heavy atom. The number of carbonyl (C=O) groups is 2. The SMILES string of the molecule is C=C(C)C(=O)OCCOC(CC(CC)OCCO)OCCCCCC(=O)O. The number of unbranched alkanes of at least 4 members (excludes halogenated alkanes) is 2. The number of aliphatic carboxylic acids is 1. The van der Waals surface area contributed by atoms with Crippen molar-refractivity contribution in [2.24, 2.45) is 0 Å². The van der Waals surface area contributed by atoms with Crippen LogP contribution in [0.15, 0.2) is 12.2 Å². The van der Waals surface area contributed by atoms with Crippen molar-refractivity contribution in [3.05, 3.63) is 12.2 Å². The van der Waals surface area contributed by atoms with Crippen LogP contribution < -0.4 is 0 Å². The van der Waals surface area contributed by atoms with E-state index in [1.165, 1.54) is 0 Å². The lowest BCUT2D eigenvalue weighted by Crippen LogP contribution is -2.28. The van der Waals surface area contributed by atoms with E-state index in [4.69, 9.17) is 29.2 Å². The van der Waals surface area contributed by atoms with Crippen LogP contribution in [0.25, 0.3) is 0 Å². The van der Waals surface area contributed by atoms with Gasteiger partial charge in [-0.2, -0.15) is 0 Å². The zero-order valence-corrected chi connectivity index (χ0v) is 16.5. The highest BCUT2D eigenvalue weighted by atomic mass is 16.7. The van der Waals surface area contributed by atoms with E-state index in [1.807, 2.05) is 6.92 Å². The molecule has 8 nitrogen and oxygen atoms in total. The fourth-order valence-electron chi connectivity index (χ4n) is 2.18. The van der Waals surface area contributed by atoms with Crippen molar-refractivity contribution >= 4 is 11.9 Å². The number of esters is 1. The fraction of sp³-hybridized carbons (Fsp3) is 0.789. The summed E-state index contributed by atoms with van der Waals surface area (Å²) in [6.45, 7) is 7.96. The van der Waals surface area contributed by atoms with E-state index in [1.54, 1.807) is 6.92 Å². The lowest BCUT2D eigenvalue weighted by molar-refractivity contribution is -0.174. The third-order valence-electron chi connectivity index (χ3n) is 3.66. The molecule has 2 unspecified atom stereocenters. The Labute approximate surface area is 161 Å². The van der Waals surface area contributed by atoms with Crippen LogP contribution in [0.3, 0.4) is 0 Å². The Kier molecular flexibility index (Phi) is 15.8. The van der Waals surface area contributed by atoms with Crippen molar-refractivity contribution in [3.8, 4) is 0 Å². The molecule has 0 aromatic carbocycles. The monoisotopic (exact) mass is 390 g/mol. The highest BCUT2D eigenvalue weighted by molar-refractivity contribution is 5.86. The molecule has 2 atom stereocenters. The van der Waals surface area contributed by atoms with E-state index in [0.717, 1.165) is 19.3 Å². The van der Waals surface area contributed by atoms with Crippen molar-refractivity contribution in [3.63, 3.8) is 0 Å². The highest BCUT2D eigenvalue weighted by Crippen LogP contribution is 2.13. The molecule has 0 fully saturated rings. The quantitative estimate of drug-likeness (QED) is 0.159. The van der Waals surface area contributed by atoms with Gasteiger partial charge in [0.1, 0.15) is 6.61 Å². The van der Waals surface area contributed by atoms with Gasteiger partial charge < -0.3 is 29.2 Å². The van der Waals surface area contributed by atoms with E-state index in [0.29, 0.717) is 25.0 Å². The summed E-state index contributed by atoms with van der Waals surface area (Å²) in [6, 6.07) is 0. The van der Waals surface area contributed by atoms with E-state index < -0.39 is 18.2 Å². The van der Waals surface area contributed by atoms with Crippen molar-refractivity contribution in [2.75, 3.05) is 33.0 Å². The maximum absolute atomic E-state index is 11.4. The maximum atomic E-state index is 11.4. The van der Waals surface area contributed by atoms with E-state index in [-0.39, 0.29) is 39.0 Å². The number of carboxylic acids is 1. The van der Waals surface area contributed by atoms with Gasteiger partial charge in [0.05, 0.1) is 25.9 Å². The van der Waals surface area contributed by atoms with E-state index in [2.05, 4.69) is 6.58 Å². The first-order valence-corrected chi connectivity index (χ1v) is 9.40. The minimum Gasteiger partial charge on any atom is -0.481 e. The zero-order chi connectivity index (χ0) is 20.5. The number of ether oxygens (including phenoxy) is 4. The topological polar surface area (TPSA) is 112 Å². The molecule has 0 radical (unpaired) electrons. The van der Waals surface area contributed by atoms with Crippen LogP contribution >= 0.6 is 0 Å². The van der Waals surface area contributed by atoms with Gasteiger partial charge in [-0.05, 0) is 26.2 Å². The second-order valence-electron chi connectivity index (χ2n) is 6.15. The minimum atomic E-state index is -0.798. The lowest BCUT2D eigenvalue weighted by Gasteiger charge is -2.23. The van der Waals surface area contributed by atoms with Crippen LogP contribution in [0.1, 0.15) is 52.4 Å². The molecule has 27 heavy (non-hydrogen) atoms. The number of rotatable bonds is 18. The van der Waals surface area contributed by atoms with Crippen LogP contribution in [0, 0.1) is 0 Å². The molecule has 0 saturated heterocycles. The Morgan fingerprint density at radius 3 is 2.30 bits per heavy atom. The average molecular weight is 390 g/mol. The second-order valence-corrected chi connectivity index (χ2v) is 6.15.